The van der Waals surface area contributed by atoms with Crippen LogP contribution in [0.4, 0.5) is 11.4 Å². The van der Waals surface area contributed by atoms with Gasteiger partial charge in [0.2, 0.25) is 5.91 Å². The number of carbonyl (C=O) groups is 1. The van der Waals surface area contributed by atoms with Gasteiger partial charge in [-0.3, -0.25) is 19.8 Å². The van der Waals surface area contributed by atoms with Crippen molar-refractivity contribution in [3.05, 3.63) is 68.7 Å². The number of fused-ring (bicyclic) bond motifs is 1. The summed E-state index contributed by atoms with van der Waals surface area (Å²) >= 11 is 6.02. The van der Waals surface area contributed by atoms with E-state index in [1.54, 1.807) is 0 Å². The van der Waals surface area contributed by atoms with Gasteiger partial charge in [0.1, 0.15) is 0 Å². The number of nitro groups is 1. The summed E-state index contributed by atoms with van der Waals surface area (Å²) in [5.74, 6) is -0.206. The van der Waals surface area contributed by atoms with E-state index in [0.717, 1.165) is 12.8 Å². The first-order chi connectivity index (χ1) is 12.0. The molecule has 1 atom stereocenters. The van der Waals surface area contributed by atoms with E-state index < -0.39 is 4.92 Å². The van der Waals surface area contributed by atoms with Crippen LogP contribution in [0.5, 0.6) is 0 Å². The van der Waals surface area contributed by atoms with Gasteiger partial charge in [-0.2, -0.15) is 0 Å². The third-order valence-corrected chi connectivity index (χ3v) is 4.78. The number of carbonyl (C=O) groups excluding carboxylic acids is 1. The molecule has 0 radical (unpaired) electrons. The van der Waals surface area contributed by atoms with Gasteiger partial charge in [-0.05, 0) is 37.1 Å². The Hall–Kier alpha value is -2.44. The maximum atomic E-state index is 12.3. The van der Waals surface area contributed by atoms with Gasteiger partial charge in [0, 0.05) is 18.2 Å². The van der Waals surface area contributed by atoms with Gasteiger partial charge >= 0.3 is 0 Å². The number of halogens is 1. The van der Waals surface area contributed by atoms with Crippen LogP contribution in [-0.4, -0.2) is 29.3 Å². The lowest BCUT2D eigenvalue weighted by Gasteiger charge is -2.24. The molecule has 2 aromatic carbocycles. The molecule has 0 fully saturated rings. The highest BCUT2D eigenvalue weighted by atomic mass is 35.5. The molecule has 2 aromatic rings. The lowest BCUT2D eigenvalue weighted by Crippen LogP contribution is -2.32. The summed E-state index contributed by atoms with van der Waals surface area (Å²) < 4.78 is 0. The topological polar surface area (TPSA) is 75.5 Å². The first-order valence-corrected chi connectivity index (χ1v) is 8.35. The van der Waals surface area contributed by atoms with Crippen LogP contribution in [-0.2, 0) is 11.2 Å². The van der Waals surface area contributed by atoms with Gasteiger partial charge in [-0.1, -0.05) is 35.9 Å². The highest BCUT2D eigenvalue weighted by molar-refractivity contribution is 6.34. The van der Waals surface area contributed by atoms with E-state index in [1.807, 2.05) is 24.1 Å². The van der Waals surface area contributed by atoms with Crippen molar-refractivity contribution >= 4 is 28.9 Å². The zero-order valence-corrected chi connectivity index (χ0v) is 14.5. The Morgan fingerprint density at radius 1 is 1.36 bits per heavy atom. The van der Waals surface area contributed by atoms with Crippen LogP contribution < -0.4 is 5.32 Å². The number of hydrogen-bond acceptors (Lipinski definition) is 4. The minimum absolute atomic E-state index is 0.109. The monoisotopic (exact) mass is 359 g/mol. The summed E-state index contributed by atoms with van der Waals surface area (Å²) in [6.45, 7) is 0.215. The number of aryl methyl sites for hydroxylation is 1. The molecule has 25 heavy (non-hydrogen) atoms. The van der Waals surface area contributed by atoms with Crippen molar-refractivity contribution < 1.29 is 9.72 Å². The SMILES string of the molecule is CN(CC(=O)Nc1ccc([N+](=O)[O-])cc1Cl)[C@@H]1CCc2ccccc21. The number of anilines is 1. The Balaban J connectivity index is 1.64. The van der Waals surface area contributed by atoms with Crippen LogP contribution in [0.15, 0.2) is 42.5 Å². The van der Waals surface area contributed by atoms with E-state index in [-0.39, 0.29) is 29.2 Å². The Bertz CT molecular complexity index is 825. The molecular formula is C18H18ClN3O3. The second-order valence-electron chi connectivity index (χ2n) is 6.14. The Kier molecular flexibility index (Phi) is 5.01. The Morgan fingerprint density at radius 2 is 2.12 bits per heavy atom. The van der Waals surface area contributed by atoms with Crippen molar-refractivity contribution in [2.45, 2.75) is 18.9 Å². The van der Waals surface area contributed by atoms with Crippen LogP contribution in [0.25, 0.3) is 0 Å². The predicted octanol–water partition coefficient (Wildman–Crippen LogP) is 3.81. The maximum absolute atomic E-state index is 12.3. The number of benzene rings is 2. The predicted molar refractivity (Wildman–Crippen MR) is 96.9 cm³/mol. The molecule has 1 aliphatic rings. The number of likely N-dealkylation sites (N-methyl/N-ethyl adjacent to an activating group) is 1. The molecule has 0 unspecified atom stereocenters. The molecule has 1 N–H and O–H groups in total. The first kappa shape index (κ1) is 17.4. The lowest BCUT2D eigenvalue weighted by molar-refractivity contribution is -0.384. The van der Waals surface area contributed by atoms with Crippen LogP contribution >= 0.6 is 11.6 Å². The quantitative estimate of drug-likeness (QED) is 0.650. The third-order valence-electron chi connectivity index (χ3n) is 4.46. The van der Waals surface area contributed by atoms with E-state index in [2.05, 4.69) is 17.4 Å². The molecule has 0 aliphatic heterocycles. The van der Waals surface area contributed by atoms with Gasteiger partial charge in [-0.15, -0.1) is 0 Å². The van der Waals surface area contributed by atoms with Crippen LogP contribution in [0.3, 0.4) is 0 Å². The number of amides is 1. The van der Waals surface area contributed by atoms with Crippen molar-refractivity contribution in [3.8, 4) is 0 Å². The number of hydrogen-bond donors (Lipinski definition) is 1. The summed E-state index contributed by atoms with van der Waals surface area (Å²) in [5.41, 5.74) is 2.87. The molecule has 3 rings (SSSR count). The zero-order valence-electron chi connectivity index (χ0n) is 13.7. The van der Waals surface area contributed by atoms with Crippen molar-refractivity contribution in [1.82, 2.24) is 4.90 Å². The number of non-ortho nitro benzene ring substituents is 1. The normalized spacial score (nSPS) is 15.9. The summed E-state index contributed by atoms with van der Waals surface area (Å²) in [4.78, 5) is 24.5. The highest BCUT2D eigenvalue weighted by Crippen LogP contribution is 2.34. The minimum Gasteiger partial charge on any atom is -0.324 e. The van der Waals surface area contributed by atoms with Gasteiger partial charge < -0.3 is 5.32 Å². The molecule has 0 saturated carbocycles. The van der Waals surface area contributed by atoms with Gasteiger partial charge in [0.05, 0.1) is 22.2 Å². The molecular weight excluding hydrogens is 342 g/mol. The fourth-order valence-corrected chi connectivity index (χ4v) is 3.46. The average Bonchev–Trinajstić information content (AvgIpc) is 3.00. The first-order valence-electron chi connectivity index (χ1n) is 7.97. The summed E-state index contributed by atoms with van der Waals surface area (Å²) in [5, 5.41) is 13.6. The molecule has 130 valence electrons. The number of rotatable bonds is 5. The van der Waals surface area contributed by atoms with Crippen molar-refractivity contribution in [1.29, 1.82) is 0 Å². The highest BCUT2D eigenvalue weighted by Gasteiger charge is 2.26. The minimum atomic E-state index is -0.525. The smallest absolute Gasteiger partial charge is 0.271 e. The standard InChI is InChI=1S/C18H18ClN3O3/c1-21(17-9-6-12-4-2-3-5-14(12)17)11-18(23)20-16-8-7-13(22(24)25)10-15(16)19/h2-5,7-8,10,17H,6,9,11H2,1H3,(H,20,23)/t17-/m1/s1. The summed E-state index contributed by atoms with van der Waals surface area (Å²) in [6.07, 6.45) is 2.00. The number of nitro benzene ring substituents is 1. The van der Waals surface area contributed by atoms with Crippen molar-refractivity contribution in [2.24, 2.45) is 0 Å². The fraction of sp³-hybridized carbons (Fsp3) is 0.278. The zero-order chi connectivity index (χ0) is 18.0. The van der Waals surface area contributed by atoms with E-state index in [1.165, 1.54) is 29.3 Å². The molecule has 1 amide bonds. The van der Waals surface area contributed by atoms with Crippen molar-refractivity contribution in [3.63, 3.8) is 0 Å². The second kappa shape index (κ2) is 7.21. The molecule has 7 heteroatoms. The van der Waals surface area contributed by atoms with E-state index in [0.29, 0.717) is 5.69 Å². The molecule has 0 heterocycles. The van der Waals surface area contributed by atoms with Gasteiger partial charge in [0.15, 0.2) is 0 Å². The molecule has 0 spiro atoms. The molecule has 0 aromatic heterocycles. The number of nitrogens with one attached hydrogen (secondary N) is 1. The Morgan fingerprint density at radius 3 is 2.84 bits per heavy atom. The third kappa shape index (κ3) is 3.81. The van der Waals surface area contributed by atoms with Gasteiger partial charge in [0.25, 0.3) is 5.69 Å². The lowest BCUT2D eigenvalue weighted by atomic mass is 10.1. The summed E-state index contributed by atoms with van der Waals surface area (Å²) in [6, 6.07) is 12.5. The second-order valence-corrected chi connectivity index (χ2v) is 6.55. The molecule has 6 nitrogen and oxygen atoms in total. The summed E-state index contributed by atoms with van der Waals surface area (Å²) in [7, 11) is 1.92. The Labute approximate surface area is 150 Å². The fourth-order valence-electron chi connectivity index (χ4n) is 3.24. The van der Waals surface area contributed by atoms with E-state index in [4.69, 9.17) is 11.6 Å². The molecule has 0 saturated heterocycles. The van der Waals surface area contributed by atoms with Crippen LogP contribution in [0.2, 0.25) is 5.02 Å². The van der Waals surface area contributed by atoms with Crippen LogP contribution in [0.1, 0.15) is 23.6 Å². The molecule has 1 aliphatic carbocycles. The van der Waals surface area contributed by atoms with Crippen molar-refractivity contribution in [2.75, 3.05) is 18.9 Å². The van der Waals surface area contributed by atoms with Crippen LogP contribution in [0, 0.1) is 10.1 Å². The average molecular weight is 360 g/mol. The maximum Gasteiger partial charge on any atom is 0.271 e. The largest absolute Gasteiger partial charge is 0.324 e. The van der Waals surface area contributed by atoms with Gasteiger partial charge in [-0.25, -0.2) is 0 Å². The van der Waals surface area contributed by atoms with E-state index in [9.17, 15) is 14.9 Å². The molecule has 0 bridgehead atoms. The van der Waals surface area contributed by atoms with E-state index >= 15 is 0 Å². The number of nitrogens with zero attached hydrogens (tertiary/aromatic N) is 2.